The summed E-state index contributed by atoms with van der Waals surface area (Å²) in [6, 6.07) is 10.1. The van der Waals surface area contributed by atoms with Crippen LogP contribution >= 0.6 is 0 Å². The van der Waals surface area contributed by atoms with Crippen molar-refractivity contribution in [2.45, 2.75) is 6.61 Å². The van der Waals surface area contributed by atoms with Crippen molar-refractivity contribution < 1.29 is 15.0 Å². The number of rotatable bonds is 2. The molecule has 1 aromatic heterocycles. The molecule has 0 unspecified atom stereocenters. The number of carbonyl (C=O) groups is 1. The summed E-state index contributed by atoms with van der Waals surface area (Å²) in [4.78, 5) is 19.9. The lowest BCUT2D eigenvalue weighted by molar-refractivity contribution is 0.0699. The van der Waals surface area contributed by atoms with Gasteiger partial charge in [-0.05, 0) is 18.2 Å². The number of aliphatic hydroxyl groups is 1. The molecule has 2 aromatic carbocycles. The lowest BCUT2D eigenvalue weighted by Crippen LogP contribution is -2.01. The average molecular weight is 254 g/mol. The first-order valence-electron chi connectivity index (χ1n) is 5.73. The largest absolute Gasteiger partial charge is 0.478 e. The van der Waals surface area contributed by atoms with Crippen molar-refractivity contribution in [2.75, 3.05) is 0 Å². The van der Waals surface area contributed by atoms with Gasteiger partial charge in [-0.1, -0.05) is 18.2 Å². The van der Waals surface area contributed by atoms with Crippen LogP contribution in [0.2, 0.25) is 0 Å². The summed E-state index contributed by atoms with van der Waals surface area (Å²) in [5, 5.41) is 18.4. The highest BCUT2D eigenvalue weighted by molar-refractivity contribution is 6.02. The van der Waals surface area contributed by atoms with Gasteiger partial charge in [0.2, 0.25) is 0 Å². The molecule has 0 saturated heterocycles. The molecular formula is C14H10N2O3. The number of hydrogen-bond acceptors (Lipinski definition) is 4. The molecule has 2 N–H and O–H groups in total. The molecular weight excluding hydrogens is 244 g/mol. The molecule has 0 fully saturated rings. The van der Waals surface area contributed by atoms with Crippen molar-refractivity contribution >= 4 is 28.0 Å². The van der Waals surface area contributed by atoms with Crippen LogP contribution in [0.4, 0.5) is 0 Å². The predicted octanol–water partition coefficient (Wildman–Crippen LogP) is 1.97. The van der Waals surface area contributed by atoms with Gasteiger partial charge in [-0.25, -0.2) is 14.8 Å². The normalized spacial score (nSPS) is 11.0. The van der Waals surface area contributed by atoms with Crippen molar-refractivity contribution in [1.29, 1.82) is 0 Å². The number of para-hydroxylation sites is 2. The summed E-state index contributed by atoms with van der Waals surface area (Å²) < 4.78 is 0. The van der Waals surface area contributed by atoms with Crippen LogP contribution in [0.5, 0.6) is 0 Å². The van der Waals surface area contributed by atoms with Gasteiger partial charge in [0.1, 0.15) is 5.52 Å². The third-order valence-corrected chi connectivity index (χ3v) is 2.98. The van der Waals surface area contributed by atoms with Crippen molar-refractivity contribution in [3.63, 3.8) is 0 Å². The van der Waals surface area contributed by atoms with Gasteiger partial charge in [0.05, 0.1) is 28.7 Å². The van der Waals surface area contributed by atoms with Gasteiger partial charge in [0, 0.05) is 5.56 Å². The number of fused-ring (bicyclic) bond motifs is 2. The van der Waals surface area contributed by atoms with E-state index in [1.165, 1.54) is 6.07 Å². The summed E-state index contributed by atoms with van der Waals surface area (Å²) in [5.74, 6) is -1.03. The zero-order valence-corrected chi connectivity index (χ0v) is 9.87. The van der Waals surface area contributed by atoms with Crippen molar-refractivity contribution in [1.82, 2.24) is 9.97 Å². The van der Waals surface area contributed by atoms with E-state index in [1.807, 2.05) is 0 Å². The van der Waals surface area contributed by atoms with Crippen LogP contribution in [0.15, 0.2) is 36.4 Å². The van der Waals surface area contributed by atoms with Crippen molar-refractivity contribution in [3.05, 3.63) is 47.5 Å². The number of carboxylic acids is 1. The molecule has 94 valence electrons. The number of aromatic carboxylic acids is 1. The molecule has 0 saturated carbocycles. The van der Waals surface area contributed by atoms with Crippen LogP contribution in [0.3, 0.4) is 0 Å². The van der Waals surface area contributed by atoms with Crippen LogP contribution in [0, 0.1) is 0 Å². The SMILES string of the molecule is O=C(O)c1cccc2nc3c(CO)cccc3nc12. The zero-order chi connectivity index (χ0) is 13.4. The molecule has 0 radical (unpaired) electrons. The molecule has 1 heterocycles. The Balaban J connectivity index is 2.45. The van der Waals surface area contributed by atoms with Gasteiger partial charge in [-0.15, -0.1) is 0 Å². The molecule has 0 amide bonds. The van der Waals surface area contributed by atoms with Gasteiger partial charge in [-0.3, -0.25) is 0 Å². The van der Waals surface area contributed by atoms with E-state index in [4.69, 9.17) is 5.11 Å². The monoisotopic (exact) mass is 254 g/mol. The number of aliphatic hydroxyl groups excluding tert-OH is 1. The van der Waals surface area contributed by atoms with Crippen LogP contribution in [-0.4, -0.2) is 26.2 Å². The summed E-state index contributed by atoms with van der Waals surface area (Å²) in [7, 11) is 0. The standard InChI is InChI=1S/C14H10N2O3/c17-7-8-3-1-5-10-12(8)15-11-6-2-4-9(14(18)19)13(11)16-10/h1-6,17H,7H2,(H,18,19). The third kappa shape index (κ3) is 1.80. The topological polar surface area (TPSA) is 83.3 Å². The minimum Gasteiger partial charge on any atom is -0.478 e. The van der Waals surface area contributed by atoms with Crippen LogP contribution in [0.25, 0.3) is 22.1 Å². The van der Waals surface area contributed by atoms with E-state index >= 15 is 0 Å². The minimum absolute atomic E-state index is 0.126. The lowest BCUT2D eigenvalue weighted by Gasteiger charge is -2.06. The Kier molecular flexibility index (Phi) is 2.61. The molecule has 0 aliphatic rings. The smallest absolute Gasteiger partial charge is 0.337 e. The second-order valence-corrected chi connectivity index (χ2v) is 4.15. The summed E-state index contributed by atoms with van der Waals surface area (Å²) in [6.07, 6.45) is 0. The van der Waals surface area contributed by atoms with Crippen LogP contribution in [-0.2, 0) is 6.61 Å². The zero-order valence-electron chi connectivity index (χ0n) is 9.87. The summed E-state index contributed by atoms with van der Waals surface area (Å²) in [6.45, 7) is -0.129. The molecule has 0 aliphatic heterocycles. The van der Waals surface area contributed by atoms with E-state index in [0.29, 0.717) is 27.6 Å². The fourth-order valence-corrected chi connectivity index (χ4v) is 2.08. The van der Waals surface area contributed by atoms with Crippen LogP contribution < -0.4 is 0 Å². The average Bonchev–Trinajstić information content (AvgIpc) is 2.43. The van der Waals surface area contributed by atoms with E-state index in [9.17, 15) is 9.90 Å². The minimum atomic E-state index is -1.03. The maximum atomic E-state index is 11.2. The number of carboxylic acid groups (broad SMARTS) is 1. The van der Waals surface area contributed by atoms with Gasteiger partial charge in [0.15, 0.2) is 0 Å². The number of aromatic nitrogens is 2. The number of hydrogen-bond donors (Lipinski definition) is 2. The van der Waals surface area contributed by atoms with E-state index in [-0.39, 0.29) is 12.2 Å². The third-order valence-electron chi connectivity index (χ3n) is 2.98. The van der Waals surface area contributed by atoms with Crippen molar-refractivity contribution in [2.24, 2.45) is 0 Å². The highest BCUT2D eigenvalue weighted by Crippen LogP contribution is 2.21. The highest BCUT2D eigenvalue weighted by atomic mass is 16.4. The fourth-order valence-electron chi connectivity index (χ4n) is 2.08. The molecule has 0 spiro atoms. The Morgan fingerprint density at radius 1 is 1.00 bits per heavy atom. The second-order valence-electron chi connectivity index (χ2n) is 4.15. The predicted molar refractivity (Wildman–Crippen MR) is 69.9 cm³/mol. The summed E-state index contributed by atoms with van der Waals surface area (Å²) >= 11 is 0. The Morgan fingerprint density at radius 3 is 2.32 bits per heavy atom. The van der Waals surface area contributed by atoms with Gasteiger partial charge in [0.25, 0.3) is 0 Å². The molecule has 3 aromatic rings. The number of benzene rings is 2. The molecule has 19 heavy (non-hydrogen) atoms. The summed E-state index contributed by atoms with van der Waals surface area (Å²) in [5.41, 5.74) is 2.84. The maximum absolute atomic E-state index is 11.2. The first-order valence-corrected chi connectivity index (χ1v) is 5.73. The quantitative estimate of drug-likeness (QED) is 0.683. The molecule has 5 heteroatoms. The highest BCUT2D eigenvalue weighted by Gasteiger charge is 2.12. The Bertz CT molecular complexity index is 799. The van der Waals surface area contributed by atoms with Crippen LogP contribution in [0.1, 0.15) is 15.9 Å². The van der Waals surface area contributed by atoms with Gasteiger partial charge < -0.3 is 10.2 Å². The van der Waals surface area contributed by atoms with Crippen molar-refractivity contribution in [3.8, 4) is 0 Å². The molecule has 0 aliphatic carbocycles. The second kappa shape index (κ2) is 4.29. The lowest BCUT2D eigenvalue weighted by atomic mass is 10.1. The van der Waals surface area contributed by atoms with Gasteiger partial charge >= 0.3 is 5.97 Å². The molecule has 0 atom stereocenters. The first kappa shape index (κ1) is 11.6. The Labute approximate surface area is 108 Å². The Hall–Kier alpha value is -2.53. The molecule has 5 nitrogen and oxygen atoms in total. The molecule has 3 rings (SSSR count). The number of nitrogens with zero attached hydrogens (tertiary/aromatic N) is 2. The van der Waals surface area contributed by atoms with Gasteiger partial charge in [-0.2, -0.15) is 0 Å². The van der Waals surface area contributed by atoms with E-state index < -0.39 is 5.97 Å². The first-order chi connectivity index (χ1) is 9.20. The molecule has 0 bridgehead atoms. The van der Waals surface area contributed by atoms with E-state index in [1.54, 1.807) is 30.3 Å². The fraction of sp³-hybridized carbons (Fsp3) is 0.0714. The maximum Gasteiger partial charge on any atom is 0.337 e. The van der Waals surface area contributed by atoms with E-state index in [2.05, 4.69) is 9.97 Å². The van der Waals surface area contributed by atoms with E-state index in [0.717, 1.165) is 0 Å². The Morgan fingerprint density at radius 2 is 1.63 bits per heavy atom.